The van der Waals surface area contributed by atoms with Crippen molar-refractivity contribution >= 4 is 5.96 Å². The van der Waals surface area contributed by atoms with Crippen molar-refractivity contribution < 1.29 is 4.74 Å². The van der Waals surface area contributed by atoms with Gasteiger partial charge < -0.3 is 15.4 Å². The summed E-state index contributed by atoms with van der Waals surface area (Å²) in [6, 6.07) is 10.8. The van der Waals surface area contributed by atoms with Gasteiger partial charge in [0, 0.05) is 18.5 Å². The summed E-state index contributed by atoms with van der Waals surface area (Å²) >= 11 is 0. The Kier molecular flexibility index (Phi) is 4.44. The van der Waals surface area contributed by atoms with E-state index in [1.54, 1.807) is 0 Å². The zero-order valence-electron chi connectivity index (χ0n) is 12.6. The Hall–Kier alpha value is -1.55. The first-order chi connectivity index (χ1) is 10.3. The van der Waals surface area contributed by atoms with Gasteiger partial charge in [0.2, 0.25) is 0 Å². The van der Waals surface area contributed by atoms with Crippen LogP contribution in [0.4, 0.5) is 0 Å². The van der Waals surface area contributed by atoms with Gasteiger partial charge in [-0.3, -0.25) is 4.99 Å². The van der Waals surface area contributed by atoms with Crippen molar-refractivity contribution in [3.63, 3.8) is 0 Å². The molecule has 0 atom stereocenters. The predicted molar refractivity (Wildman–Crippen MR) is 85.5 cm³/mol. The van der Waals surface area contributed by atoms with Gasteiger partial charge in [0.05, 0.1) is 19.8 Å². The largest absolute Gasteiger partial charge is 0.378 e. The Bertz CT molecular complexity index is 474. The molecule has 2 N–H and O–H groups in total. The van der Waals surface area contributed by atoms with Crippen LogP contribution in [0.15, 0.2) is 35.3 Å². The molecule has 21 heavy (non-hydrogen) atoms. The first-order valence-corrected chi connectivity index (χ1v) is 7.98. The van der Waals surface area contributed by atoms with Crippen LogP contribution >= 0.6 is 0 Å². The Balaban J connectivity index is 1.73. The molecule has 4 heteroatoms. The lowest BCUT2D eigenvalue weighted by Crippen LogP contribution is -2.45. The Morgan fingerprint density at radius 1 is 1.14 bits per heavy atom. The molecule has 1 aliphatic carbocycles. The van der Waals surface area contributed by atoms with E-state index in [4.69, 9.17) is 15.5 Å². The first kappa shape index (κ1) is 14.4. The van der Waals surface area contributed by atoms with Gasteiger partial charge in [0.15, 0.2) is 5.96 Å². The van der Waals surface area contributed by atoms with Crippen molar-refractivity contribution in [1.29, 1.82) is 0 Å². The molecule has 114 valence electrons. The minimum absolute atomic E-state index is 0.193. The van der Waals surface area contributed by atoms with E-state index in [0.29, 0.717) is 5.96 Å². The smallest absolute Gasteiger partial charge is 0.191 e. The van der Waals surface area contributed by atoms with Crippen molar-refractivity contribution in [2.75, 3.05) is 32.8 Å². The van der Waals surface area contributed by atoms with Crippen LogP contribution < -0.4 is 5.73 Å². The third-order valence-corrected chi connectivity index (χ3v) is 4.83. The lowest BCUT2D eigenvalue weighted by Gasteiger charge is -2.31. The van der Waals surface area contributed by atoms with E-state index in [2.05, 4.69) is 35.2 Å². The zero-order valence-corrected chi connectivity index (χ0v) is 12.6. The molecule has 1 aromatic carbocycles. The highest BCUT2D eigenvalue weighted by Crippen LogP contribution is 2.41. The summed E-state index contributed by atoms with van der Waals surface area (Å²) in [4.78, 5) is 6.88. The number of benzene rings is 1. The maximum Gasteiger partial charge on any atom is 0.191 e. The quantitative estimate of drug-likeness (QED) is 0.684. The number of guanidine groups is 1. The highest BCUT2D eigenvalue weighted by molar-refractivity contribution is 5.78. The van der Waals surface area contributed by atoms with E-state index in [0.717, 1.165) is 32.8 Å². The molecule has 0 radical (unpaired) electrons. The van der Waals surface area contributed by atoms with E-state index in [1.165, 1.54) is 31.2 Å². The predicted octanol–water partition coefficient (Wildman–Crippen LogP) is 2.15. The highest BCUT2D eigenvalue weighted by atomic mass is 16.5. The molecular formula is C17H25N3O. The molecule has 1 aromatic rings. The SMILES string of the molecule is NC(=NCC1(c2ccccc2)CCCC1)N1CCOCC1. The standard InChI is InChI=1S/C17H25N3O/c18-16(20-10-12-21-13-11-20)19-14-17(8-4-5-9-17)15-6-2-1-3-7-15/h1-3,6-7H,4-5,8-14H2,(H2,18,19). The molecule has 0 unspecified atom stereocenters. The fraction of sp³-hybridized carbons (Fsp3) is 0.588. The molecule has 1 heterocycles. The number of ether oxygens (including phenoxy) is 1. The minimum atomic E-state index is 0.193. The third kappa shape index (κ3) is 3.21. The van der Waals surface area contributed by atoms with E-state index < -0.39 is 0 Å². The maximum absolute atomic E-state index is 6.18. The Labute approximate surface area is 127 Å². The summed E-state index contributed by atoms with van der Waals surface area (Å²) in [5.41, 5.74) is 7.79. The third-order valence-electron chi connectivity index (χ3n) is 4.83. The van der Waals surface area contributed by atoms with Crippen molar-refractivity contribution in [3.05, 3.63) is 35.9 Å². The van der Waals surface area contributed by atoms with Gasteiger partial charge in [0.25, 0.3) is 0 Å². The van der Waals surface area contributed by atoms with Crippen molar-refractivity contribution in [2.24, 2.45) is 10.7 Å². The van der Waals surface area contributed by atoms with Crippen LogP contribution in [-0.4, -0.2) is 43.7 Å². The van der Waals surface area contributed by atoms with E-state index in [-0.39, 0.29) is 5.41 Å². The number of rotatable bonds is 3. The van der Waals surface area contributed by atoms with Crippen molar-refractivity contribution in [3.8, 4) is 0 Å². The van der Waals surface area contributed by atoms with E-state index >= 15 is 0 Å². The molecule has 1 saturated heterocycles. The molecular weight excluding hydrogens is 262 g/mol. The molecule has 0 spiro atoms. The molecule has 4 nitrogen and oxygen atoms in total. The highest BCUT2D eigenvalue weighted by Gasteiger charge is 2.35. The van der Waals surface area contributed by atoms with Gasteiger partial charge >= 0.3 is 0 Å². The lowest BCUT2D eigenvalue weighted by molar-refractivity contribution is 0.0673. The monoisotopic (exact) mass is 287 g/mol. The average molecular weight is 287 g/mol. The summed E-state index contributed by atoms with van der Waals surface area (Å²) in [5.74, 6) is 0.681. The van der Waals surface area contributed by atoms with Crippen molar-refractivity contribution in [1.82, 2.24) is 4.90 Å². The number of aliphatic imine (C=N–C) groups is 1. The normalized spacial score (nSPS) is 22.5. The van der Waals surface area contributed by atoms with Crippen LogP contribution in [0, 0.1) is 0 Å². The number of nitrogens with zero attached hydrogens (tertiary/aromatic N) is 2. The Morgan fingerprint density at radius 3 is 2.48 bits per heavy atom. The molecule has 0 bridgehead atoms. The van der Waals surface area contributed by atoms with Gasteiger partial charge in [-0.1, -0.05) is 43.2 Å². The fourth-order valence-corrected chi connectivity index (χ4v) is 3.51. The van der Waals surface area contributed by atoms with Gasteiger partial charge in [-0.2, -0.15) is 0 Å². The second-order valence-corrected chi connectivity index (χ2v) is 6.13. The number of nitrogens with two attached hydrogens (primary N) is 1. The summed E-state index contributed by atoms with van der Waals surface area (Å²) in [6.45, 7) is 4.02. The Morgan fingerprint density at radius 2 is 1.81 bits per heavy atom. The van der Waals surface area contributed by atoms with Gasteiger partial charge in [-0.05, 0) is 18.4 Å². The molecule has 1 saturated carbocycles. The summed E-state index contributed by atoms with van der Waals surface area (Å²) in [6.07, 6.45) is 5.03. The second kappa shape index (κ2) is 6.48. The minimum Gasteiger partial charge on any atom is -0.378 e. The van der Waals surface area contributed by atoms with Crippen LogP contribution in [0.5, 0.6) is 0 Å². The van der Waals surface area contributed by atoms with Gasteiger partial charge in [-0.25, -0.2) is 0 Å². The molecule has 0 amide bonds. The second-order valence-electron chi connectivity index (χ2n) is 6.13. The molecule has 0 aromatic heterocycles. The number of hydrogen-bond acceptors (Lipinski definition) is 2. The maximum atomic E-state index is 6.18. The molecule has 3 rings (SSSR count). The molecule has 2 fully saturated rings. The summed E-state index contributed by atoms with van der Waals surface area (Å²) in [5, 5.41) is 0. The average Bonchev–Trinajstić information content (AvgIpc) is 3.04. The zero-order chi connectivity index (χ0) is 14.5. The fourth-order valence-electron chi connectivity index (χ4n) is 3.51. The van der Waals surface area contributed by atoms with Gasteiger partial charge in [-0.15, -0.1) is 0 Å². The number of morpholine rings is 1. The van der Waals surface area contributed by atoms with Crippen LogP contribution in [-0.2, 0) is 10.2 Å². The summed E-state index contributed by atoms with van der Waals surface area (Å²) in [7, 11) is 0. The molecule has 1 aliphatic heterocycles. The lowest BCUT2D eigenvalue weighted by atomic mass is 9.79. The van der Waals surface area contributed by atoms with Crippen LogP contribution in [0.1, 0.15) is 31.2 Å². The van der Waals surface area contributed by atoms with Crippen LogP contribution in [0.2, 0.25) is 0 Å². The van der Waals surface area contributed by atoms with E-state index in [1.807, 2.05) is 0 Å². The topological polar surface area (TPSA) is 50.8 Å². The van der Waals surface area contributed by atoms with Gasteiger partial charge in [0.1, 0.15) is 0 Å². The summed E-state index contributed by atoms with van der Waals surface area (Å²) < 4.78 is 5.36. The van der Waals surface area contributed by atoms with Crippen LogP contribution in [0.3, 0.4) is 0 Å². The first-order valence-electron chi connectivity index (χ1n) is 7.98. The molecule has 2 aliphatic rings. The van der Waals surface area contributed by atoms with Crippen LogP contribution in [0.25, 0.3) is 0 Å². The van der Waals surface area contributed by atoms with E-state index in [9.17, 15) is 0 Å². The number of hydrogen-bond donors (Lipinski definition) is 1. The van der Waals surface area contributed by atoms with Crippen molar-refractivity contribution in [2.45, 2.75) is 31.1 Å².